The standard InChI is InChI=1S/C20H23NO4S/c1-15-5-7-16(8-6-15)20(22)17-4-3-13-21(14-17)26(23,24)19-11-9-18(25-2)10-12-19/h5-12,17H,3-4,13-14H2,1-2H3. The van der Waals surface area contributed by atoms with Crippen molar-refractivity contribution in [3.05, 3.63) is 59.7 Å². The number of rotatable bonds is 5. The number of piperidine rings is 1. The Morgan fingerprint density at radius 3 is 2.35 bits per heavy atom. The molecule has 1 atom stereocenters. The summed E-state index contributed by atoms with van der Waals surface area (Å²) in [4.78, 5) is 13.0. The molecule has 0 saturated carbocycles. The summed E-state index contributed by atoms with van der Waals surface area (Å²) in [5.74, 6) is 0.314. The van der Waals surface area contributed by atoms with Crippen LogP contribution < -0.4 is 4.74 Å². The highest BCUT2D eigenvalue weighted by molar-refractivity contribution is 7.89. The average molecular weight is 373 g/mol. The Morgan fingerprint density at radius 1 is 1.08 bits per heavy atom. The molecule has 26 heavy (non-hydrogen) atoms. The number of ketones is 1. The number of methoxy groups -OCH3 is 1. The van der Waals surface area contributed by atoms with Gasteiger partial charge in [0, 0.05) is 24.6 Å². The van der Waals surface area contributed by atoms with E-state index in [1.807, 2.05) is 31.2 Å². The van der Waals surface area contributed by atoms with Crippen LogP contribution in [0.3, 0.4) is 0 Å². The van der Waals surface area contributed by atoms with Crippen LogP contribution in [-0.4, -0.2) is 38.7 Å². The maximum absolute atomic E-state index is 12.9. The third-order valence-electron chi connectivity index (χ3n) is 4.79. The normalized spacial score (nSPS) is 18.5. The van der Waals surface area contributed by atoms with Gasteiger partial charge in [0.1, 0.15) is 5.75 Å². The quantitative estimate of drug-likeness (QED) is 0.755. The molecule has 1 fully saturated rings. The van der Waals surface area contributed by atoms with E-state index in [-0.39, 0.29) is 23.1 Å². The van der Waals surface area contributed by atoms with Gasteiger partial charge in [-0.2, -0.15) is 4.31 Å². The molecule has 1 unspecified atom stereocenters. The molecule has 0 spiro atoms. The number of ether oxygens (including phenoxy) is 1. The Hall–Kier alpha value is -2.18. The first-order chi connectivity index (χ1) is 12.4. The molecule has 0 aromatic heterocycles. The van der Waals surface area contributed by atoms with Crippen molar-refractivity contribution in [3.8, 4) is 5.75 Å². The lowest BCUT2D eigenvalue weighted by Gasteiger charge is -2.31. The first kappa shape index (κ1) is 18.6. The topological polar surface area (TPSA) is 63.7 Å². The maximum Gasteiger partial charge on any atom is 0.243 e. The van der Waals surface area contributed by atoms with Gasteiger partial charge in [0.25, 0.3) is 0 Å². The molecule has 2 aromatic rings. The SMILES string of the molecule is COc1ccc(S(=O)(=O)N2CCCC(C(=O)c3ccc(C)cc3)C2)cc1. The Kier molecular flexibility index (Phi) is 5.44. The first-order valence-electron chi connectivity index (χ1n) is 8.67. The van der Waals surface area contributed by atoms with Crippen molar-refractivity contribution in [1.82, 2.24) is 4.31 Å². The Morgan fingerprint density at radius 2 is 1.73 bits per heavy atom. The summed E-state index contributed by atoms with van der Waals surface area (Å²) in [7, 11) is -2.08. The van der Waals surface area contributed by atoms with Crippen LogP contribution in [0.4, 0.5) is 0 Å². The van der Waals surface area contributed by atoms with Gasteiger partial charge in [-0.05, 0) is 44.0 Å². The number of hydrogen-bond acceptors (Lipinski definition) is 4. The van der Waals surface area contributed by atoms with Crippen LogP contribution in [-0.2, 0) is 10.0 Å². The van der Waals surface area contributed by atoms with E-state index in [0.717, 1.165) is 5.56 Å². The van der Waals surface area contributed by atoms with Gasteiger partial charge < -0.3 is 4.74 Å². The number of sulfonamides is 1. The number of carbonyl (C=O) groups is 1. The van der Waals surface area contributed by atoms with E-state index in [2.05, 4.69) is 0 Å². The lowest BCUT2D eigenvalue weighted by molar-refractivity contribution is 0.0872. The second kappa shape index (κ2) is 7.60. The summed E-state index contributed by atoms with van der Waals surface area (Å²) in [5, 5.41) is 0. The van der Waals surface area contributed by atoms with E-state index in [4.69, 9.17) is 4.74 Å². The third-order valence-corrected chi connectivity index (χ3v) is 6.67. The van der Waals surface area contributed by atoms with Crippen molar-refractivity contribution in [2.75, 3.05) is 20.2 Å². The van der Waals surface area contributed by atoms with Crippen LogP contribution in [0.15, 0.2) is 53.4 Å². The second-order valence-corrected chi connectivity index (χ2v) is 8.55. The predicted molar refractivity (Wildman–Crippen MR) is 100.0 cm³/mol. The maximum atomic E-state index is 12.9. The van der Waals surface area contributed by atoms with E-state index in [1.54, 1.807) is 24.3 Å². The summed E-state index contributed by atoms with van der Waals surface area (Å²) in [6.07, 6.45) is 1.39. The van der Waals surface area contributed by atoms with Crippen molar-refractivity contribution < 1.29 is 17.9 Å². The van der Waals surface area contributed by atoms with Crippen LogP contribution >= 0.6 is 0 Å². The molecule has 0 aliphatic carbocycles. The molecule has 2 aromatic carbocycles. The Bertz CT molecular complexity index is 873. The smallest absolute Gasteiger partial charge is 0.243 e. The molecular formula is C20H23NO4S. The molecule has 0 radical (unpaired) electrons. The van der Waals surface area contributed by atoms with Gasteiger partial charge in [0.2, 0.25) is 10.0 Å². The zero-order valence-corrected chi connectivity index (χ0v) is 15.8. The average Bonchev–Trinajstić information content (AvgIpc) is 2.68. The summed E-state index contributed by atoms with van der Waals surface area (Å²) < 4.78 is 32.3. The monoisotopic (exact) mass is 373 g/mol. The summed E-state index contributed by atoms with van der Waals surface area (Å²) >= 11 is 0. The predicted octanol–water partition coefficient (Wildman–Crippen LogP) is 3.29. The molecular weight excluding hydrogens is 350 g/mol. The molecule has 1 aliphatic rings. The van der Waals surface area contributed by atoms with Gasteiger partial charge in [0.15, 0.2) is 5.78 Å². The molecule has 3 rings (SSSR count). The zero-order chi connectivity index (χ0) is 18.7. The highest BCUT2D eigenvalue weighted by Gasteiger charge is 2.33. The van der Waals surface area contributed by atoms with Gasteiger partial charge in [-0.1, -0.05) is 29.8 Å². The fourth-order valence-electron chi connectivity index (χ4n) is 3.23. The minimum Gasteiger partial charge on any atom is -0.497 e. The van der Waals surface area contributed by atoms with Gasteiger partial charge in [-0.3, -0.25) is 4.79 Å². The van der Waals surface area contributed by atoms with Gasteiger partial charge >= 0.3 is 0 Å². The van der Waals surface area contributed by atoms with Crippen LogP contribution in [0.5, 0.6) is 5.75 Å². The van der Waals surface area contributed by atoms with Crippen LogP contribution in [0, 0.1) is 12.8 Å². The Balaban J connectivity index is 1.78. The van der Waals surface area contributed by atoms with Gasteiger partial charge in [-0.25, -0.2) is 8.42 Å². The third kappa shape index (κ3) is 3.81. The molecule has 1 aliphatic heterocycles. The van der Waals surface area contributed by atoms with Crippen molar-refractivity contribution in [2.45, 2.75) is 24.7 Å². The summed E-state index contributed by atoms with van der Waals surface area (Å²) in [5.41, 5.74) is 1.73. The van der Waals surface area contributed by atoms with E-state index < -0.39 is 10.0 Å². The lowest BCUT2D eigenvalue weighted by Crippen LogP contribution is -2.42. The van der Waals surface area contributed by atoms with E-state index in [1.165, 1.54) is 11.4 Å². The number of nitrogens with zero attached hydrogens (tertiary/aromatic N) is 1. The molecule has 0 bridgehead atoms. The molecule has 5 nitrogen and oxygen atoms in total. The second-order valence-electron chi connectivity index (χ2n) is 6.61. The molecule has 0 amide bonds. The molecule has 1 saturated heterocycles. The first-order valence-corrected chi connectivity index (χ1v) is 10.1. The highest BCUT2D eigenvalue weighted by Crippen LogP contribution is 2.27. The number of carbonyl (C=O) groups excluding carboxylic acids is 1. The number of benzene rings is 2. The van der Waals surface area contributed by atoms with Crippen LogP contribution in [0.2, 0.25) is 0 Å². The van der Waals surface area contributed by atoms with Gasteiger partial charge in [0.05, 0.1) is 12.0 Å². The summed E-state index contributed by atoms with van der Waals surface area (Å²) in [6, 6.07) is 13.8. The number of Topliss-reactive ketones (excluding diaryl/α,β-unsaturated/α-hetero) is 1. The highest BCUT2D eigenvalue weighted by atomic mass is 32.2. The van der Waals surface area contributed by atoms with Crippen LogP contribution in [0.1, 0.15) is 28.8 Å². The fraction of sp³-hybridized carbons (Fsp3) is 0.350. The van der Waals surface area contributed by atoms with E-state index in [0.29, 0.717) is 30.7 Å². The number of aryl methyl sites for hydroxylation is 1. The van der Waals surface area contributed by atoms with Crippen molar-refractivity contribution in [2.24, 2.45) is 5.92 Å². The zero-order valence-electron chi connectivity index (χ0n) is 15.0. The number of hydrogen-bond donors (Lipinski definition) is 0. The largest absolute Gasteiger partial charge is 0.497 e. The molecule has 0 N–H and O–H groups in total. The summed E-state index contributed by atoms with van der Waals surface area (Å²) in [6.45, 7) is 2.63. The van der Waals surface area contributed by atoms with Crippen molar-refractivity contribution in [3.63, 3.8) is 0 Å². The van der Waals surface area contributed by atoms with E-state index >= 15 is 0 Å². The minimum atomic E-state index is -3.62. The minimum absolute atomic E-state index is 0.0135. The molecule has 138 valence electrons. The Labute approximate surface area is 154 Å². The van der Waals surface area contributed by atoms with Crippen molar-refractivity contribution in [1.29, 1.82) is 0 Å². The lowest BCUT2D eigenvalue weighted by atomic mass is 9.91. The van der Waals surface area contributed by atoms with Gasteiger partial charge in [-0.15, -0.1) is 0 Å². The molecule has 6 heteroatoms. The van der Waals surface area contributed by atoms with Crippen molar-refractivity contribution >= 4 is 15.8 Å². The fourth-order valence-corrected chi connectivity index (χ4v) is 4.75. The van der Waals surface area contributed by atoms with Crippen LogP contribution in [0.25, 0.3) is 0 Å². The molecule has 1 heterocycles. The van der Waals surface area contributed by atoms with E-state index in [9.17, 15) is 13.2 Å².